The molecule has 20 heavy (non-hydrogen) atoms. The zero-order valence-electron chi connectivity index (χ0n) is 14.4. The minimum Gasteiger partial charge on any atom is -0.416 e. The molecule has 0 aromatic rings. The Labute approximate surface area is 126 Å². The van der Waals surface area contributed by atoms with Crippen LogP contribution >= 0.6 is 0 Å². The SMILES string of the molecule is CC(C)[Si](OCCC[C@](C)(C#N)CO)(C(C)C)C(C)C. The van der Waals surface area contributed by atoms with Crippen LogP contribution < -0.4 is 0 Å². The molecule has 1 N–H and O–H groups in total. The van der Waals surface area contributed by atoms with Crippen molar-refractivity contribution in [3.05, 3.63) is 0 Å². The highest BCUT2D eigenvalue weighted by Crippen LogP contribution is 2.42. The van der Waals surface area contributed by atoms with Crippen LogP contribution in [0.15, 0.2) is 0 Å². The molecule has 0 aliphatic heterocycles. The molecule has 0 aliphatic carbocycles. The van der Waals surface area contributed by atoms with Crippen LogP contribution in [0, 0.1) is 16.7 Å². The van der Waals surface area contributed by atoms with Crippen molar-refractivity contribution in [2.45, 2.75) is 77.9 Å². The predicted molar refractivity (Wildman–Crippen MR) is 87.0 cm³/mol. The van der Waals surface area contributed by atoms with Crippen molar-refractivity contribution in [3.8, 4) is 6.07 Å². The second-order valence-corrected chi connectivity index (χ2v) is 12.6. The number of hydrogen-bond donors (Lipinski definition) is 1. The Kier molecular flexibility index (Phi) is 8.01. The van der Waals surface area contributed by atoms with E-state index in [9.17, 15) is 5.11 Å². The second-order valence-electron chi connectivity index (χ2n) is 7.10. The van der Waals surface area contributed by atoms with Gasteiger partial charge in [-0.3, -0.25) is 0 Å². The third-order valence-electron chi connectivity index (χ3n) is 4.55. The monoisotopic (exact) mass is 299 g/mol. The Morgan fingerprint density at radius 1 is 1.10 bits per heavy atom. The largest absolute Gasteiger partial charge is 0.416 e. The average Bonchev–Trinajstić information content (AvgIpc) is 2.37. The number of nitriles is 1. The quantitative estimate of drug-likeness (QED) is 0.504. The first-order valence-electron chi connectivity index (χ1n) is 7.82. The van der Waals surface area contributed by atoms with Gasteiger partial charge in [-0.1, -0.05) is 41.5 Å². The van der Waals surface area contributed by atoms with Gasteiger partial charge in [0.2, 0.25) is 0 Å². The fourth-order valence-electron chi connectivity index (χ4n) is 3.38. The summed E-state index contributed by atoms with van der Waals surface area (Å²) in [4.78, 5) is 0. The zero-order valence-corrected chi connectivity index (χ0v) is 15.4. The minimum atomic E-state index is -1.79. The molecule has 0 saturated heterocycles. The van der Waals surface area contributed by atoms with Crippen LogP contribution in [0.3, 0.4) is 0 Å². The van der Waals surface area contributed by atoms with E-state index in [0.717, 1.165) is 6.42 Å². The maximum atomic E-state index is 9.25. The van der Waals surface area contributed by atoms with Crippen molar-refractivity contribution < 1.29 is 9.53 Å². The van der Waals surface area contributed by atoms with E-state index in [1.54, 1.807) is 0 Å². The lowest BCUT2D eigenvalue weighted by atomic mass is 9.88. The number of rotatable bonds is 9. The second kappa shape index (κ2) is 8.16. The molecule has 4 heteroatoms. The molecule has 0 spiro atoms. The summed E-state index contributed by atoms with van der Waals surface area (Å²) in [6, 6.07) is 2.20. The Hall–Kier alpha value is -0.373. The van der Waals surface area contributed by atoms with Gasteiger partial charge in [-0.05, 0) is 36.4 Å². The van der Waals surface area contributed by atoms with Gasteiger partial charge in [-0.15, -0.1) is 0 Å². The van der Waals surface area contributed by atoms with Crippen LogP contribution in [0.5, 0.6) is 0 Å². The van der Waals surface area contributed by atoms with E-state index in [2.05, 4.69) is 47.6 Å². The lowest BCUT2D eigenvalue weighted by Gasteiger charge is -2.42. The van der Waals surface area contributed by atoms with Gasteiger partial charge in [0, 0.05) is 6.61 Å². The smallest absolute Gasteiger partial charge is 0.200 e. The summed E-state index contributed by atoms with van der Waals surface area (Å²) >= 11 is 0. The maximum Gasteiger partial charge on any atom is 0.200 e. The third kappa shape index (κ3) is 4.58. The van der Waals surface area contributed by atoms with Gasteiger partial charge in [0.15, 0.2) is 8.32 Å². The Balaban J connectivity index is 4.63. The first-order chi connectivity index (χ1) is 9.16. The van der Waals surface area contributed by atoms with Gasteiger partial charge >= 0.3 is 0 Å². The number of aliphatic hydroxyl groups is 1. The van der Waals surface area contributed by atoms with Crippen LogP contribution in [-0.2, 0) is 4.43 Å². The molecule has 0 radical (unpaired) electrons. The van der Waals surface area contributed by atoms with Crippen molar-refractivity contribution in [2.75, 3.05) is 13.2 Å². The average molecular weight is 300 g/mol. The van der Waals surface area contributed by atoms with Crippen molar-refractivity contribution in [3.63, 3.8) is 0 Å². The van der Waals surface area contributed by atoms with Gasteiger partial charge < -0.3 is 9.53 Å². The van der Waals surface area contributed by atoms with Crippen LogP contribution in [0.4, 0.5) is 0 Å². The fourth-order valence-corrected chi connectivity index (χ4v) is 8.88. The van der Waals surface area contributed by atoms with Gasteiger partial charge in [0.05, 0.1) is 18.1 Å². The topological polar surface area (TPSA) is 53.2 Å². The van der Waals surface area contributed by atoms with E-state index in [-0.39, 0.29) is 6.61 Å². The van der Waals surface area contributed by atoms with E-state index in [1.807, 2.05) is 6.92 Å². The Morgan fingerprint density at radius 3 is 1.85 bits per heavy atom. The van der Waals surface area contributed by atoms with Crippen molar-refractivity contribution in [1.82, 2.24) is 0 Å². The molecule has 0 amide bonds. The van der Waals surface area contributed by atoms with E-state index in [4.69, 9.17) is 9.69 Å². The lowest BCUT2D eigenvalue weighted by Crippen LogP contribution is -2.48. The molecule has 0 saturated carbocycles. The molecule has 0 rings (SSSR count). The number of nitrogens with zero attached hydrogens (tertiary/aromatic N) is 1. The van der Waals surface area contributed by atoms with Crippen molar-refractivity contribution in [1.29, 1.82) is 5.26 Å². The van der Waals surface area contributed by atoms with Crippen LogP contribution in [0.1, 0.15) is 61.3 Å². The Bertz CT molecular complexity index is 301. The number of aliphatic hydroxyl groups excluding tert-OH is 1. The molecule has 3 nitrogen and oxygen atoms in total. The highest BCUT2D eigenvalue weighted by atomic mass is 28.4. The highest BCUT2D eigenvalue weighted by molar-refractivity contribution is 6.77. The molecule has 0 aliphatic rings. The molecule has 0 unspecified atom stereocenters. The molecule has 1 atom stereocenters. The normalized spacial score (nSPS) is 15.7. The van der Waals surface area contributed by atoms with Crippen molar-refractivity contribution >= 4 is 8.32 Å². The standard InChI is InChI=1S/C16H33NO2Si/c1-13(2)20(14(3)4,15(5)6)19-10-8-9-16(7,11-17)12-18/h13-15,18H,8-10,12H2,1-7H3/t16-/m1/s1. The van der Waals surface area contributed by atoms with Crippen LogP contribution in [-0.4, -0.2) is 26.6 Å². The summed E-state index contributed by atoms with van der Waals surface area (Å²) in [5, 5.41) is 18.3. The summed E-state index contributed by atoms with van der Waals surface area (Å²) in [6.07, 6.45) is 1.53. The molecular formula is C16H33NO2Si. The molecule has 118 valence electrons. The van der Waals surface area contributed by atoms with E-state index < -0.39 is 13.7 Å². The van der Waals surface area contributed by atoms with Crippen LogP contribution in [0.2, 0.25) is 16.6 Å². The molecule has 0 aromatic carbocycles. The summed E-state index contributed by atoms with van der Waals surface area (Å²) in [5.41, 5.74) is 1.13. The van der Waals surface area contributed by atoms with Gasteiger partial charge in [-0.2, -0.15) is 5.26 Å². The van der Waals surface area contributed by atoms with Crippen LogP contribution in [0.25, 0.3) is 0 Å². The minimum absolute atomic E-state index is 0.0788. The first kappa shape index (κ1) is 19.6. The van der Waals surface area contributed by atoms with Crippen molar-refractivity contribution in [2.24, 2.45) is 5.41 Å². The molecule has 0 aromatic heterocycles. The fraction of sp³-hybridized carbons (Fsp3) is 0.938. The molecule has 0 bridgehead atoms. The van der Waals surface area contributed by atoms with Gasteiger partial charge in [0.1, 0.15) is 0 Å². The third-order valence-corrected chi connectivity index (χ3v) is 10.7. The maximum absolute atomic E-state index is 9.25. The summed E-state index contributed by atoms with van der Waals surface area (Å²) in [5.74, 6) is 0. The predicted octanol–water partition coefficient (Wildman–Crippen LogP) is 4.48. The summed E-state index contributed by atoms with van der Waals surface area (Å²) in [6.45, 7) is 16.1. The van der Waals surface area contributed by atoms with E-state index in [1.165, 1.54) is 0 Å². The Morgan fingerprint density at radius 2 is 1.55 bits per heavy atom. The lowest BCUT2D eigenvalue weighted by molar-refractivity contribution is 0.167. The van der Waals surface area contributed by atoms with Gasteiger partial charge in [0.25, 0.3) is 0 Å². The zero-order chi connectivity index (χ0) is 16.0. The summed E-state index contributed by atoms with van der Waals surface area (Å²) < 4.78 is 6.45. The number of hydrogen-bond acceptors (Lipinski definition) is 3. The van der Waals surface area contributed by atoms with Gasteiger partial charge in [-0.25, -0.2) is 0 Å². The van der Waals surface area contributed by atoms with E-state index in [0.29, 0.717) is 29.7 Å². The molecule has 0 fully saturated rings. The summed E-state index contributed by atoms with van der Waals surface area (Å²) in [7, 11) is -1.79. The molecule has 0 heterocycles. The van der Waals surface area contributed by atoms with E-state index >= 15 is 0 Å². The molecular weight excluding hydrogens is 266 g/mol. The first-order valence-corrected chi connectivity index (χ1v) is 9.96. The highest BCUT2D eigenvalue weighted by Gasteiger charge is 2.44.